The molecule has 8 nitrogen and oxygen atoms in total. The second-order valence-electron chi connectivity index (χ2n) is 5.19. The SMILES string of the molecule is O=C(C(c1ccccc1)n1cnc([N+](=O)[O-])c1)N1CCOCC1. The predicted octanol–water partition coefficient (Wildman–Crippen LogP) is 1.24. The van der Waals surface area contributed by atoms with Gasteiger partial charge >= 0.3 is 5.82 Å². The van der Waals surface area contributed by atoms with E-state index in [0.717, 1.165) is 5.56 Å². The quantitative estimate of drug-likeness (QED) is 0.625. The Bertz CT molecular complexity index is 695. The normalized spacial score (nSPS) is 16.1. The van der Waals surface area contributed by atoms with Gasteiger partial charge in [-0.1, -0.05) is 30.3 Å². The van der Waals surface area contributed by atoms with Crippen molar-refractivity contribution in [2.75, 3.05) is 26.3 Å². The molecule has 0 aliphatic carbocycles. The molecule has 1 atom stereocenters. The van der Waals surface area contributed by atoms with E-state index in [1.165, 1.54) is 17.1 Å². The van der Waals surface area contributed by atoms with Crippen LogP contribution >= 0.6 is 0 Å². The van der Waals surface area contributed by atoms with Crippen molar-refractivity contribution in [1.82, 2.24) is 14.5 Å². The lowest BCUT2D eigenvalue weighted by Gasteiger charge is -2.30. The van der Waals surface area contributed by atoms with Gasteiger partial charge in [-0.05, 0) is 15.5 Å². The van der Waals surface area contributed by atoms with Crippen LogP contribution < -0.4 is 0 Å². The zero-order valence-electron chi connectivity index (χ0n) is 12.4. The third-order valence-electron chi connectivity index (χ3n) is 3.75. The first kappa shape index (κ1) is 15.2. The maximum atomic E-state index is 12.9. The molecule has 3 rings (SSSR count). The van der Waals surface area contributed by atoms with Gasteiger partial charge in [0.25, 0.3) is 5.91 Å². The standard InChI is InChI=1S/C15H16N4O4/c20-15(17-6-8-23-9-7-17)14(12-4-2-1-3-5-12)18-10-13(16-11-18)19(21)22/h1-5,10-11,14H,6-9H2. The largest absolute Gasteiger partial charge is 0.381 e. The van der Waals surface area contributed by atoms with Gasteiger partial charge < -0.3 is 19.8 Å². The van der Waals surface area contributed by atoms with Gasteiger partial charge in [-0.25, -0.2) is 0 Å². The summed E-state index contributed by atoms with van der Waals surface area (Å²) in [6, 6.07) is 8.51. The molecule has 1 unspecified atom stereocenters. The highest BCUT2D eigenvalue weighted by Crippen LogP contribution is 2.23. The monoisotopic (exact) mass is 316 g/mol. The predicted molar refractivity (Wildman–Crippen MR) is 80.9 cm³/mol. The summed E-state index contributed by atoms with van der Waals surface area (Å²) in [5, 5.41) is 10.9. The van der Waals surface area contributed by atoms with Gasteiger partial charge in [0.05, 0.1) is 13.2 Å². The summed E-state index contributed by atoms with van der Waals surface area (Å²) in [5.74, 6) is -0.396. The Kier molecular flexibility index (Phi) is 4.33. The third kappa shape index (κ3) is 3.21. The van der Waals surface area contributed by atoms with E-state index in [9.17, 15) is 14.9 Å². The lowest BCUT2D eigenvalue weighted by Crippen LogP contribution is -2.44. The molecule has 1 aliphatic rings. The number of rotatable bonds is 4. The number of nitro groups is 1. The second-order valence-corrected chi connectivity index (χ2v) is 5.19. The van der Waals surface area contributed by atoms with Crippen LogP contribution in [0.4, 0.5) is 5.82 Å². The van der Waals surface area contributed by atoms with Crippen LogP contribution in [0.25, 0.3) is 0 Å². The number of morpholine rings is 1. The summed E-state index contributed by atoms with van der Waals surface area (Å²) in [6.07, 6.45) is 2.62. The number of carbonyl (C=O) groups is 1. The van der Waals surface area contributed by atoms with Crippen molar-refractivity contribution in [3.63, 3.8) is 0 Å². The molecule has 1 aromatic heterocycles. The minimum atomic E-state index is -0.671. The summed E-state index contributed by atoms with van der Waals surface area (Å²) in [7, 11) is 0. The van der Waals surface area contributed by atoms with Gasteiger partial charge in [0, 0.05) is 13.1 Å². The molecule has 1 saturated heterocycles. The van der Waals surface area contributed by atoms with Crippen LogP contribution in [0.3, 0.4) is 0 Å². The number of benzene rings is 1. The van der Waals surface area contributed by atoms with Crippen LogP contribution in [0.15, 0.2) is 42.9 Å². The number of amides is 1. The number of carbonyl (C=O) groups excluding carboxylic acids is 1. The molecule has 8 heteroatoms. The average molecular weight is 316 g/mol. The van der Waals surface area contributed by atoms with Gasteiger partial charge in [0.2, 0.25) is 6.33 Å². The number of hydrogen-bond donors (Lipinski definition) is 0. The Morgan fingerprint density at radius 2 is 1.96 bits per heavy atom. The number of nitrogens with zero attached hydrogens (tertiary/aromatic N) is 4. The summed E-state index contributed by atoms with van der Waals surface area (Å²) < 4.78 is 6.77. The number of imidazole rings is 1. The molecule has 1 fully saturated rings. The highest BCUT2D eigenvalue weighted by Gasteiger charge is 2.30. The van der Waals surface area contributed by atoms with Gasteiger partial charge in [-0.15, -0.1) is 0 Å². The van der Waals surface area contributed by atoms with Crippen molar-refractivity contribution in [2.24, 2.45) is 0 Å². The summed E-state index contributed by atoms with van der Waals surface area (Å²) in [6.45, 7) is 2.02. The maximum Gasteiger partial charge on any atom is 0.381 e. The second kappa shape index (κ2) is 6.57. The Morgan fingerprint density at radius 1 is 1.26 bits per heavy atom. The molecule has 0 N–H and O–H groups in total. The molecule has 23 heavy (non-hydrogen) atoms. The van der Waals surface area contributed by atoms with Crippen LogP contribution in [0, 0.1) is 10.1 Å². The molecule has 120 valence electrons. The van der Waals surface area contributed by atoms with E-state index < -0.39 is 11.0 Å². The highest BCUT2D eigenvalue weighted by atomic mass is 16.6. The molecule has 2 heterocycles. The van der Waals surface area contributed by atoms with Crippen molar-refractivity contribution in [3.05, 3.63) is 58.5 Å². The molecule has 1 aromatic carbocycles. The lowest BCUT2D eigenvalue weighted by atomic mass is 10.1. The van der Waals surface area contributed by atoms with Crippen LogP contribution in [0.1, 0.15) is 11.6 Å². The van der Waals surface area contributed by atoms with Crippen LogP contribution in [0.2, 0.25) is 0 Å². The minimum absolute atomic E-state index is 0.119. The first-order chi connectivity index (χ1) is 11.2. The fourth-order valence-electron chi connectivity index (χ4n) is 2.60. The van der Waals surface area contributed by atoms with Crippen molar-refractivity contribution < 1.29 is 14.5 Å². The fourth-order valence-corrected chi connectivity index (χ4v) is 2.60. The van der Waals surface area contributed by atoms with Crippen LogP contribution in [-0.2, 0) is 9.53 Å². The van der Waals surface area contributed by atoms with Crippen molar-refractivity contribution in [3.8, 4) is 0 Å². The zero-order chi connectivity index (χ0) is 16.2. The third-order valence-corrected chi connectivity index (χ3v) is 3.75. The molecule has 1 aliphatic heterocycles. The molecule has 1 amide bonds. The highest BCUT2D eigenvalue weighted by molar-refractivity contribution is 5.83. The van der Waals surface area contributed by atoms with Gasteiger partial charge in [-0.2, -0.15) is 0 Å². The summed E-state index contributed by atoms with van der Waals surface area (Å²) in [4.78, 5) is 28.7. The van der Waals surface area contributed by atoms with E-state index in [0.29, 0.717) is 26.3 Å². The molecular weight excluding hydrogens is 300 g/mol. The van der Waals surface area contributed by atoms with Gasteiger partial charge in [0.15, 0.2) is 0 Å². The average Bonchev–Trinajstić information content (AvgIpc) is 3.07. The van der Waals surface area contributed by atoms with E-state index >= 15 is 0 Å². The van der Waals surface area contributed by atoms with Crippen molar-refractivity contribution in [1.29, 1.82) is 0 Å². The van der Waals surface area contributed by atoms with Crippen molar-refractivity contribution >= 4 is 11.7 Å². The smallest absolute Gasteiger partial charge is 0.378 e. The van der Waals surface area contributed by atoms with E-state index in [2.05, 4.69) is 4.98 Å². The number of ether oxygens (including phenoxy) is 1. The van der Waals surface area contributed by atoms with E-state index in [1.54, 1.807) is 4.90 Å². The van der Waals surface area contributed by atoms with E-state index in [4.69, 9.17) is 4.74 Å². The first-order valence-corrected chi connectivity index (χ1v) is 7.26. The summed E-state index contributed by atoms with van der Waals surface area (Å²) in [5.41, 5.74) is 0.760. The van der Waals surface area contributed by atoms with Gasteiger partial charge in [0.1, 0.15) is 12.2 Å². The first-order valence-electron chi connectivity index (χ1n) is 7.26. The zero-order valence-corrected chi connectivity index (χ0v) is 12.4. The summed E-state index contributed by atoms with van der Waals surface area (Å²) >= 11 is 0. The molecule has 0 bridgehead atoms. The molecular formula is C15H16N4O4. The van der Waals surface area contributed by atoms with Crippen molar-refractivity contribution in [2.45, 2.75) is 6.04 Å². The molecule has 0 saturated carbocycles. The minimum Gasteiger partial charge on any atom is -0.378 e. The number of aromatic nitrogens is 2. The topological polar surface area (TPSA) is 90.5 Å². The van der Waals surface area contributed by atoms with Crippen LogP contribution in [-0.4, -0.2) is 51.6 Å². The van der Waals surface area contributed by atoms with E-state index in [-0.39, 0.29) is 11.7 Å². The molecule has 0 spiro atoms. The Balaban J connectivity index is 1.96. The number of hydrogen-bond acceptors (Lipinski definition) is 5. The Labute approximate surface area is 132 Å². The van der Waals surface area contributed by atoms with E-state index in [1.807, 2.05) is 30.3 Å². The van der Waals surface area contributed by atoms with Gasteiger partial charge in [-0.3, -0.25) is 9.36 Å². The fraction of sp³-hybridized carbons (Fsp3) is 0.333. The maximum absolute atomic E-state index is 12.9. The Morgan fingerprint density at radius 3 is 2.57 bits per heavy atom. The van der Waals surface area contributed by atoms with Crippen LogP contribution in [0.5, 0.6) is 0 Å². The molecule has 2 aromatic rings. The molecule has 0 radical (unpaired) electrons. The lowest BCUT2D eigenvalue weighted by molar-refractivity contribution is -0.389. The Hall–Kier alpha value is -2.74.